The van der Waals surface area contributed by atoms with Crippen molar-refractivity contribution >= 4 is 29.1 Å². The number of halogens is 1. The van der Waals surface area contributed by atoms with Crippen molar-refractivity contribution in [3.05, 3.63) is 74.8 Å². The quantitative estimate of drug-likeness (QED) is 0.306. The summed E-state index contributed by atoms with van der Waals surface area (Å²) in [6.45, 7) is 0. The summed E-state index contributed by atoms with van der Waals surface area (Å²) in [5.74, 6) is -0.842. The number of rotatable bonds is 4. The number of oxime groups is 1. The first-order valence-electron chi connectivity index (χ1n) is 6.03. The maximum absolute atomic E-state index is 11.8. The number of carbonyl (C=O) groups is 1. The minimum Gasteiger partial charge on any atom is -0.380 e. The Balaban J connectivity index is 2.14. The zero-order valence-corrected chi connectivity index (χ0v) is 11.9. The standard InChI is InChI=1S/C14H10ClN3O4/c15-12-8-10(18(20)21)6-7-11(12)14(19)22-17-13(16)9-4-2-1-3-5-9/h1-8H,(H2,16,17). The fraction of sp³-hybridized carbons (Fsp3) is 0. The van der Waals surface area contributed by atoms with Gasteiger partial charge in [0.2, 0.25) is 0 Å². The summed E-state index contributed by atoms with van der Waals surface area (Å²) in [7, 11) is 0. The van der Waals surface area contributed by atoms with Crippen molar-refractivity contribution in [1.29, 1.82) is 0 Å². The molecule has 0 saturated carbocycles. The van der Waals surface area contributed by atoms with Gasteiger partial charge in [-0.05, 0) is 6.07 Å². The molecule has 0 fully saturated rings. The van der Waals surface area contributed by atoms with Crippen LogP contribution in [-0.4, -0.2) is 16.7 Å². The number of hydrogen-bond acceptors (Lipinski definition) is 5. The van der Waals surface area contributed by atoms with Crippen molar-refractivity contribution in [2.45, 2.75) is 0 Å². The van der Waals surface area contributed by atoms with Crippen LogP contribution in [0.5, 0.6) is 0 Å². The first-order valence-corrected chi connectivity index (χ1v) is 6.41. The smallest absolute Gasteiger partial charge is 0.367 e. The van der Waals surface area contributed by atoms with Gasteiger partial charge in [-0.2, -0.15) is 0 Å². The predicted molar refractivity (Wildman–Crippen MR) is 80.7 cm³/mol. The van der Waals surface area contributed by atoms with Crippen LogP contribution in [0, 0.1) is 10.1 Å². The number of nitrogens with two attached hydrogens (primary N) is 1. The number of non-ortho nitro benzene ring substituents is 1. The van der Waals surface area contributed by atoms with Gasteiger partial charge in [0.15, 0.2) is 5.84 Å². The highest BCUT2D eigenvalue weighted by Gasteiger charge is 2.16. The summed E-state index contributed by atoms with van der Waals surface area (Å²) in [4.78, 5) is 26.5. The lowest BCUT2D eigenvalue weighted by molar-refractivity contribution is -0.384. The van der Waals surface area contributed by atoms with Crippen LogP contribution in [0.25, 0.3) is 0 Å². The van der Waals surface area contributed by atoms with E-state index in [4.69, 9.17) is 22.2 Å². The third-order valence-electron chi connectivity index (χ3n) is 2.68. The highest BCUT2D eigenvalue weighted by Crippen LogP contribution is 2.23. The molecule has 2 N–H and O–H groups in total. The second kappa shape index (κ2) is 6.68. The molecule has 22 heavy (non-hydrogen) atoms. The number of nitro groups is 1. The van der Waals surface area contributed by atoms with Crippen LogP contribution in [0.3, 0.4) is 0 Å². The number of benzene rings is 2. The Morgan fingerprint density at radius 2 is 1.91 bits per heavy atom. The van der Waals surface area contributed by atoms with E-state index < -0.39 is 10.9 Å². The molecule has 0 bridgehead atoms. The number of hydrogen-bond donors (Lipinski definition) is 1. The van der Waals surface area contributed by atoms with Crippen molar-refractivity contribution in [2.24, 2.45) is 10.9 Å². The maximum atomic E-state index is 11.8. The Morgan fingerprint density at radius 3 is 2.50 bits per heavy atom. The van der Waals surface area contributed by atoms with Crippen LogP contribution in [0.15, 0.2) is 53.7 Å². The van der Waals surface area contributed by atoms with E-state index in [1.165, 1.54) is 6.07 Å². The molecule has 0 atom stereocenters. The van der Waals surface area contributed by atoms with Gasteiger partial charge in [-0.25, -0.2) is 4.79 Å². The lowest BCUT2D eigenvalue weighted by Gasteiger charge is -2.02. The number of nitro benzene ring substituents is 1. The first-order chi connectivity index (χ1) is 10.5. The molecule has 0 aromatic heterocycles. The van der Waals surface area contributed by atoms with Crippen LogP contribution in [0.4, 0.5) is 5.69 Å². The Morgan fingerprint density at radius 1 is 1.23 bits per heavy atom. The minimum absolute atomic E-state index is 0.0204. The number of amidine groups is 1. The van der Waals surface area contributed by atoms with E-state index in [2.05, 4.69) is 5.16 Å². The van der Waals surface area contributed by atoms with Crippen LogP contribution in [-0.2, 0) is 4.84 Å². The monoisotopic (exact) mass is 319 g/mol. The molecule has 8 heteroatoms. The fourth-order valence-corrected chi connectivity index (χ4v) is 1.84. The summed E-state index contributed by atoms with van der Waals surface area (Å²) in [5, 5.41) is 14.0. The SMILES string of the molecule is N/C(=N\OC(=O)c1ccc([N+](=O)[O-])cc1Cl)c1ccccc1. The third-order valence-corrected chi connectivity index (χ3v) is 2.99. The van der Waals surface area contributed by atoms with Crippen LogP contribution < -0.4 is 5.73 Å². The average molecular weight is 320 g/mol. The third kappa shape index (κ3) is 3.58. The number of carbonyl (C=O) groups excluding carboxylic acids is 1. The highest BCUT2D eigenvalue weighted by molar-refractivity contribution is 6.33. The topological polar surface area (TPSA) is 108 Å². The maximum Gasteiger partial charge on any atom is 0.367 e. The van der Waals surface area contributed by atoms with Crippen molar-refractivity contribution in [2.75, 3.05) is 0 Å². The molecule has 0 amide bonds. The second-order valence-corrected chi connectivity index (χ2v) is 4.55. The minimum atomic E-state index is -0.862. The zero-order chi connectivity index (χ0) is 16.1. The lowest BCUT2D eigenvalue weighted by atomic mass is 10.2. The van der Waals surface area contributed by atoms with Gasteiger partial charge in [0.1, 0.15) is 0 Å². The van der Waals surface area contributed by atoms with Crippen LogP contribution >= 0.6 is 11.6 Å². The van der Waals surface area contributed by atoms with Crippen molar-refractivity contribution in [3.63, 3.8) is 0 Å². The summed E-state index contributed by atoms with van der Waals surface area (Å²) in [6.07, 6.45) is 0. The van der Waals surface area contributed by atoms with Crippen LogP contribution in [0.1, 0.15) is 15.9 Å². The van der Waals surface area contributed by atoms with Gasteiger partial charge in [-0.15, -0.1) is 0 Å². The molecule has 112 valence electrons. The molecule has 0 radical (unpaired) electrons. The summed E-state index contributed by atoms with van der Waals surface area (Å²) >= 11 is 5.82. The molecular formula is C14H10ClN3O4. The van der Waals surface area contributed by atoms with Crippen molar-refractivity contribution < 1.29 is 14.6 Å². The first kappa shape index (κ1) is 15.5. The molecule has 2 aromatic carbocycles. The van der Waals surface area contributed by atoms with E-state index >= 15 is 0 Å². The highest BCUT2D eigenvalue weighted by atomic mass is 35.5. The van der Waals surface area contributed by atoms with Gasteiger partial charge in [0.05, 0.1) is 15.5 Å². The predicted octanol–water partition coefficient (Wildman–Crippen LogP) is 2.73. The average Bonchev–Trinajstić information content (AvgIpc) is 2.52. The van der Waals surface area contributed by atoms with E-state index in [0.717, 1.165) is 12.1 Å². The Kier molecular flexibility index (Phi) is 4.70. The molecule has 0 unspecified atom stereocenters. The van der Waals surface area contributed by atoms with Gasteiger partial charge >= 0.3 is 5.97 Å². The largest absolute Gasteiger partial charge is 0.380 e. The molecule has 2 rings (SSSR count). The van der Waals surface area contributed by atoms with Gasteiger partial charge in [0.25, 0.3) is 5.69 Å². The van der Waals surface area contributed by atoms with Gasteiger partial charge in [-0.3, -0.25) is 10.1 Å². The van der Waals surface area contributed by atoms with E-state index in [1.54, 1.807) is 30.3 Å². The molecule has 7 nitrogen and oxygen atoms in total. The molecule has 0 aliphatic heterocycles. The van der Waals surface area contributed by atoms with Gasteiger partial charge in [-0.1, -0.05) is 47.1 Å². The second-order valence-electron chi connectivity index (χ2n) is 4.14. The Bertz CT molecular complexity index is 747. The zero-order valence-electron chi connectivity index (χ0n) is 11.1. The number of nitrogens with zero attached hydrogens (tertiary/aromatic N) is 2. The summed E-state index contributed by atoms with van der Waals surface area (Å²) < 4.78 is 0. The molecule has 2 aromatic rings. The molecule has 0 heterocycles. The van der Waals surface area contributed by atoms with E-state index in [9.17, 15) is 14.9 Å². The summed E-state index contributed by atoms with van der Waals surface area (Å²) in [5.41, 5.74) is 5.99. The molecule has 0 saturated heterocycles. The molecular weight excluding hydrogens is 310 g/mol. The van der Waals surface area contributed by atoms with Gasteiger partial charge < -0.3 is 10.6 Å². The normalized spacial score (nSPS) is 11.0. The fourth-order valence-electron chi connectivity index (χ4n) is 1.58. The molecule has 0 spiro atoms. The van der Waals surface area contributed by atoms with Gasteiger partial charge in [0, 0.05) is 17.7 Å². The van der Waals surface area contributed by atoms with E-state index in [-0.39, 0.29) is 22.1 Å². The van der Waals surface area contributed by atoms with E-state index in [1.807, 2.05) is 0 Å². The molecule has 0 aliphatic rings. The van der Waals surface area contributed by atoms with Crippen molar-refractivity contribution in [1.82, 2.24) is 0 Å². The van der Waals surface area contributed by atoms with Crippen LogP contribution in [0.2, 0.25) is 5.02 Å². The molecule has 0 aliphatic carbocycles. The summed E-state index contributed by atoms with van der Waals surface area (Å²) in [6, 6.07) is 12.1. The Hall–Kier alpha value is -2.93. The Labute approximate surface area is 130 Å². The van der Waals surface area contributed by atoms with E-state index in [0.29, 0.717) is 5.56 Å². The van der Waals surface area contributed by atoms with Crippen molar-refractivity contribution in [3.8, 4) is 0 Å². The lowest BCUT2D eigenvalue weighted by Crippen LogP contribution is -2.15.